The Morgan fingerprint density at radius 1 is 1.06 bits per heavy atom. The van der Waals surface area contributed by atoms with Crippen molar-refractivity contribution < 1.29 is 9.59 Å². The van der Waals surface area contributed by atoms with Gasteiger partial charge in [-0.1, -0.05) is 30.3 Å². The van der Waals surface area contributed by atoms with Gasteiger partial charge in [-0.2, -0.15) is 0 Å². The second kappa shape index (κ2) is 13.3. The Bertz CT molecular complexity index is 1800. The molecule has 1 spiro atoms. The molecule has 1 atom stereocenters. The van der Waals surface area contributed by atoms with Crippen LogP contribution < -0.4 is 16.4 Å². The summed E-state index contributed by atoms with van der Waals surface area (Å²) >= 11 is 0. The number of amides is 2. The van der Waals surface area contributed by atoms with Crippen LogP contribution in [0.25, 0.3) is 5.57 Å². The molecule has 0 saturated carbocycles. The van der Waals surface area contributed by atoms with Crippen molar-refractivity contribution in [2.45, 2.75) is 26.2 Å². The maximum absolute atomic E-state index is 13.9. The zero-order valence-corrected chi connectivity index (χ0v) is 26.9. The maximum atomic E-state index is 13.9. The second-order valence-electron chi connectivity index (χ2n) is 12.6. The van der Waals surface area contributed by atoms with Gasteiger partial charge in [-0.3, -0.25) is 29.9 Å². The van der Waals surface area contributed by atoms with Gasteiger partial charge in [-0.05, 0) is 74.2 Å². The molecular formula is C36H41N9O2. The van der Waals surface area contributed by atoms with Crippen molar-refractivity contribution in [3.8, 4) is 0 Å². The fraction of sp³-hybridized carbons (Fsp3) is 0.333. The first-order valence-electron chi connectivity index (χ1n) is 15.9. The van der Waals surface area contributed by atoms with Crippen molar-refractivity contribution in [3.05, 3.63) is 94.8 Å². The Hall–Kier alpha value is -5.16. The Morgan fingerprint density at radius 3 is 2.57 bits per heavy atom. The van der Waals surface area contributed by atoms with E-state index in [0.29, 0.717) is 62.1 Å². The van der Waals surface area contributed by atoms with Crippen molar-refractivity contribution in [3.63, 3.8) is 0 Å². The minimum atomic E-state index is -0.504. The molecule has 11 heteroatoms. The number of nitrogen functional groups attached to an aromatic ring is 1. The number of nitrogens with zero attached hydrogens (tertiary/aromatic N) is 6. The minimum absolute atomic E-state index is 0.0811. The van der Waals surface area contributed by atoms with E-state index in [1.807, 2.05) is 59.2 Å². The van der Waals surface area contributed by atoms with Crippen LogP contribution in [0.4, 0.5) is 11.4 Å². The standard InChI is InChI=1S/C36H41N9O2/c1-24-19-28(9-14-41-24)33(38)30-20-29(7-8-31(30)37)45-18-13-36(35(45)47)12-17-43(22-36)21-32(46)44-15-10-26(11-16-44)25-3-5-27(6-4-25)34(39)42-23-40-2/h3-10,14,19-20,23,38H,11-13,15-18,21-22,37H2,1-2H3,(H2,39,40,42)/t36-/m1/s1. The van der Waals surface area contributed by atoms with E-state index in [0.717, 1.165) is 47.3 Å². The Labute approximate surface area is 275 Å². The van der Waals surface area contributed by atoms with Gasteiger partial charge in [0.15, 0.2) is 0 Å². The molecule has 4 heterocycles. The lowest BCUT2D eigenvalue weighted by atomic mass is 9.85. The number of aryl methyl sites for hydroxylation is 1. The maximum Gasteiger partial charge on any atom is 0.237 e. The monoisotopic (exact) mass is 631 g/mol. The summed E-state index contributed by atoms with van der Waals surface area (Å²) in [5, 5.41) is 8.79. The summed E-state index contributed by atoms with van der Waals surface area (Å²) < 4.78 is 0. The number of carbonyl (C=O) groups excluding carboxylic acids is 2. The molecule has 3 aliphatic rings. The van der Waals surface area contributed by atoms with Crippen LogP contribution in [0, 0.1) is 17.7 Å². The molecular weight excluding hydrogens is 590 g/mol. The van der Waals surface area contributed by atoms with Crippen LogP contribution in [0.3, 0.4) is 0 Å². The number of likely N-dealkylation sites (tertiary alicyclic amines) is 1. The molecule has 3 aliphatic heterocycles. The van der Waals surface area contributed by atoms with Gasteiger partial charge in [0.1, 0.15) is 12.2 Å². The number of aromatic nitrogens is 1. The van der Waals surface area contributed by atoms with Crippen LogP contribution in [0.2, 0.25) is 0 Å². The number of nitrogens with two attached hydrogens (primary N) is 2. The summed E-state index contributed by atoms with van der Waals surface area (Å²) in [6.45, 7) is 5.29. The summed E-state index contributed by atoms with van der Waals surface area (Å²) in [6, 6.07) is 17.1. The number of amidine groups is 1. The first-order valence-corrected chi connectivity index (χ1v) is 15.9. The molecule has 0 radical (unpaired) electrons. The topological polar surface area (TPSA) is 157 Å². The molecule has 2 fully saturated rings. The average Bonchev–Trinajstić information content (AvgIpc) is 3.65. The van der Waals surface area contributed by atoms with Crippen LogP contribution in [0.15, 0.2) is 76.9 Å². The van der Waals surface area contributed by atoms with Crippen molar-refractivity contribution in [1.82, 2.24) is 14.8 Å². The quantitative estimate of drug-likeness (QED) is 0.196. The molecule has 0 aliphatic carbocycles. The van der Waals surface area contributed by atoms with E-state index in [4.69, 9.17) is 16.9 Å². The molecule has 3 aromatic rings. The van der Waals surface area contributed by atoms with E-state index in [9.17, 15) is 9.59 Å². The lowest BCUT2D eigenvalue weighted by Gasteiger charge is -2.29. The smallest absolute Gasteiger partial charge is 0.237 e. The lowest BCUT2D eigenvalue weighted by molar-refractivity contribution is -0.132. The highest BCUT2D eigenvalue weighted by atomic mass is 16.2. The van der Waals surface area contributed by atoms with Crippen LogP contribution in [-0.2, 0) is 9.59 Å². The van der Waals surface area contributed by atoms with E-state index in [2.05, 4.69) is 25.9 Å². The third-order valence-electron chi connectivity index (χ3n) is 9.53. The van der Waals surface area contributed by atoms with Crippen LogP contribution in [0.5, 0.6) is 0 Å². The fourth-order valence-electron chi connectivity index (χ4n) is 6.82. The Kier molecular flexibility index (Phi) is 8.99. The molecule has 242 valence electrons. The van der Waals surface area contributed by atoms with Gasteiger partial charge in [-0.25, -0.2) is 4.99 Å². The average molecular weight is 632 g/mol. The summed E-state index contributed by atoms with van der Waals surface area (Å²) in [5.74, 6) is 0.585. The minimum Gasteiger partial charge on any atom is -0.398 e. The van der Waals surface area contributed by atoms with Crippen molar-refractivity contribution in [2.75, 3.05) is 56.9 Å². The molecule has 6 rings (SSSR count). The van der Waals surface area contributed by atoms with E-state index in [1.54, 1.807) is 25.4 Å². The van der Waals surface area contributed by atoms with Gasteiger partial charge in [0.05, 0.1) is 17.7 Å². The fourth-order valence-corrected chi connectivity index (χ4v) is 6.82. The lowest BCUT2D eigenvalue weighted by Crippen LogP contribution is -2.43. The molecule has 2 saturated heterocycles. The Morgan fingerprint density at radius 2 is 1.85 bits per heavy atom. The third kappa shape index (κ3) is 6.57. The largest absolute Gasteiger partial charge is 0.398 e. The number of nitrogens with one attached hydrogen (secondary N) is 1. The van der Waals surface area contributed by atoms with Crippen LogP contribution in [0.1, 0.15) is 47.2 Å². The summed E-state index contributed by atoms with van der Waals surface area (Å²) in [5.41, 5.74) is 18.6. The highest BCUT2D eigenvalue weighted by Gasteiger charge is 2.51. The SMILES string of the molecule is CN=CN=C(N)c1ccc(C2=CCN(C(=O)CN3CC[C@@]4(CCN(c5ccc(N)c(C(=N)c6ccnc(C)c6)c5)C4=O)C3)CC2)cc1. The predicted molar refractivity (Wildman–Crippen MR) is 187 cm³/mol. The Balaban J connectivity index is 1.06. The molecule has 1 aromatic heterocycles. The van der Waals surface area contributed by atoms with Crippen molar-refractivity contribution >= 4 is 46.6 Å². The number of benzene rings is 2. The van der Waals surface area contributed by atoms with Gasteiger partial charge < -0.3 is 21.3 Å². The molecule has 11 nitrogen and oxygen atoms in total. The van der Waals surface area contributed by atoms with E-state index in [-0.39, 0.29) is 11.8 Å². The second-order valence-corrected chi connectivity index (χ2v) is 12.6. The van der Waals surface area contributed by atoms with Gasteiger partial charge in [-0.15, -0.1) is 0 Å². The summed E-state index contributed by atoms with van der Waals surface area (Å²) in [6.07, 6.45) is 7.47. The third-order valence-corrected chi connectivity index (χ3v) is 9.53. The van der Waals surface area contributed by atoms with Crippen molar-refractivity contribution in [1.29, 1.82) is 5.41 Å². The van der Waals surface area contributed by atoms with Gasteiger partial charge in [0.2, 0.25) is 11.8 Å². The van der Waals surface area contributed by atoms with Gasteiger partial charge in [0, 0.05) is 73.2 Å². The van der Waals surface area contributed by atoms with E-state index >= 15 is 0 Å². The molecule has 47 heavy (non-hydrogen) atoms. The zero-order valence-electron chi connectivity index (χ0n) is 26.9. The number of hydrogen-bond donors (Lipinski definition) is 3. The summed E-state index contributed by atoms with van der Waals surface area (Å²) in [4.78, 5) is 45.3. The zero-order chi connectivity index (χ0) is 33.1. The first kappa shape index (κ1) is 31.8. The van der Waals surface area contributed by atoms with Crippen LogP contribution >= 0.6 is 0 Å². The number of rotatable bonds is 8. The predicted octanol–water partition coefficient (Wildman–Crippen LogP) is 3.50. The molecule has 0 bridgehead atoms. The summed E-state index contributed by atoms with van der Waals surface area (Å²) in [7, 11) is 1.65. The number of hydrogen-bond acceptors (Lipinski definition) is 7. The van der Waals surface area contributed by atoms with Gasteiger partial charge >= 0.3 is 0 Å². The van der Waals surface area contributed by atoms with E-state index in [1.165, 1.54) is 11.9 Å². The molecule has 2 aromatic carbocycles. The van der Waals surface area contributed by atoms with Gasteiger partial charge in [0.25, 0.3) is 0 Å². The highest BCUT2D eigenvalue weighted by molar-refractivity contribution is 6.15. The molecule has 5 N–H and O–H groups in total. The first-order chi connectivity index (χ1) is 22.7. The number of anilines is 2. The van der Waals surface area contributed by atoms with Crippen LogP contribution in [-0.4, -0.2) is 90.8 Å². The number of aliphatic imine (C=N–C) groups is 2. The van der Waals surface area contributed by atoms with E-state index < -0.39 is 5.41 Å². The molecule has 0 unspecified atom stereocenters. The number of carbonyl (C=O) groups is 2. The van der Waals surface area contributed by atoms with Crippen molar-refractivity contribution in [2.24, 2.45) is 21.1 Å². The molecule has 2 amide bonds. The normalized spacial score (nSPS) is 20.4. The number of pyridine rings is 1. The highest BCUT2D eigenvalue weighted by Crippen LogP contribution is 2.43.